The molecule has 1 aliphatic heterocycles. The Morgan fingerprint density at radius 2 is 1.13 bits per heavy atom. The lowest BCUT2D eigenvalue weighted by molar-refractivity contribution is 0.174. The van der Waals surface area contributed by atoms with Crippen LogP contribution >= 0.6 is 0 Å². The summed E-state index contributed by atoms with van der Waals surface area (Å²) in [6, 6.07) is 11.7. The minimum atomic E-state index is -1.24. The van der Waals surface area contributed by atoms with E-state index in [1.165, 1.54) is 0 Å². The van der Waals surface area contributed by atoms with Crippen LogP contribution in [-0.4, -0.2) is 17.0 Å². The third-order valence-electron chi connectivity index (χ3n) is 7.36. The van der Waals surface area contributed by atoms with E-state index in [4.69, 9.17) is 18.3 Å². The van der Waals surface area contributed by atoms with Gasteiger partial charge in [0.1, 0.15) is 22.7 Å². The molecule has 8 nitrogen and oxygen atoms in total. The van der Waals surface area contributed by atoms with Gasteiger partial charge in [-0.15, -0.1) is 0 Å². The molecule has 3 aromatic carbocycles. The maximum absolute atomic E-state index is 13.5. The molecule has 0 aliphatic carbocycles. The van der Waals surface area contributed by atoms with Crippen LogP contribution in [0.1, 0.15) is 44.9 Å². The zero-order valence-corrected chi connectivity index (χ0v) is 21.2. The van der Waals surface area contributed by atoms with Crippen LogP contribution in [-0.2, 0) is 0 Å². The van der Waals surface area contributed by atoms with Gasteiger partial charge >= 0.3 is 11.3 Å². The lowest BCUT2D eigenvalue weighted by atomic mass is 9.84. The van der Waals surface area contributed by atoms with E-state index in [9.17, 15) is 19.8 Å². The molecule has 8 heteroatoms. The molecule has 2 aromatic heterocycles. The lowest BCUT2D eigenvalue weighted by Crippen LogP contribution is -2.21. The molecular weight excluding hydrogens is 488 g/mol. The Labute approximate surface area is 216 Å². The van der Waals surface area contributed by atoms with Gasteiger partial charge in [-0.2, -0.15) is 0 Å². The Morgan fingerprint density at radius 3 is 1.66 bits per heavy atom. The second-order valence-corrected chi connectivity index (χ2v) is 9.71. The van der Waals surface area contributed by atoms with Crippen molar-refractivity contribution in [3.05, 3.63) is 102 Å². The third-order valence-corrected chi connectivity index (χ3v) is 7.36. The highest BCUT2D eigenvalue weighted by molar-refractivity contribution is 5.88. The summed E-state index contributed by atoms with van der Waals surface area (Å²) in [7, 11) is 0. The molecule has 3 heterocycles. The first-order valence-electron chi connectivity index (χ1n) is 12.1. The monoisotopic (exact) mass is 512 g/mol. The van der Waals surface area contributed by atoms with Crippen molar-refractivity contribution in [1.82, 2.24) is 0 Å². The SMILES string of the molecule is Cc1cc2oc(=O)c(C(c3ccc4c(c3)OCO4)c3c(O)c4cc(C)c(C)cc4oc3=O)c(O)c2cc1C. The molecule has 0 atom stereocenters. The fourth-order valence-corrected chi connectivity index (χ4v) is 4.99. The Kier molecular flexibility index (Phi) is 5.24. The molecule has 0 fully saturated rings. The summed E-state index contributed by atoms with van der Waals surface area (Å²) < 4.78 is 22.2. The normalized spacial score (nSPS) is 12.7. The predicted octanol–water partition coefficient (Wildman–Crippen LogP) is 5.45. The summed E-state index contributed by atoms with van der Waals surface area (Å²) >= 11 is 0. The van der Waals surface area contributed by atoms with Crippen molar-refractivity contribution in [2.24, 2.45) is 0 Å². The second kappa shape index (κ2) is 8.41. The van der Waals surface area contributed by atoms with Gasteiger partial charge in [0.25, 0.3) is 0 Å². The molecule has 0 amide bonds. The highest BCUT2D eigenvalue weighted by atomic mass is 16.7. The number of hydrogen-bond donors (Lipinski definition) is 2. The standard InChI is InChI=1S/C30H24O8/c1-13-7-18-21(9-15(13)3)37-29(33)25(27(18)31)24(17-5-6-20-23(11-17)36-12-35-20)26-28(32)19-8-14(2)16(4)10-22(19)38-30(26)34/h5-11,24,31-32H,12H2,1-4H3. The second-order valence-electron chi connectivity index (χ2n) is 9.71. The minimum absolute atomic E-state index is 0.0213. The third kappa shape index (κ3) is 3.52. The van der Waals surface area contributed by atoms with Crippen LogP contribution in [0.4, 0.5) is 0 Å². The molecule has 0 radical (unpaired) electrons. The zero-order chi connectivity index (χ0) is 26.9. The molecule has 0 bridgehead atoms. The van der Waals surface area contributed by atoms with E-state index in [1.54, 1.807) is 42.5 Å². The van der Waals surface area contributed by atoms with E-state index in [2.05, 4.69) is 0 Å². The van der Waals surface area contributed by atoms with Crippen LogP contribution < -0.4 is 20.7 Å². The van der Waals surface area contributed by atoms with Gasteiger partial charge in [-0.3, -0.25) is 0 Å². The largest absolute Gasteiger partial charge is 0.507 e. The van der Waals surface area contributed by atoms with Crippen molar-refractivity contribution in [2.75, 3.05) is 6.79 Å². The number of fused-ring (bicyclic) bond motifs is 3. The van der Waals surface area contributed by atoms with E-state index in [-0.39, 0.29) is 40.6 Å². The van der Waals surface area contributed by atoms with Crippen LogP contribution in [0.2, 0.25) is 0 Å². The molecule has 6 rings (SSSR count). The summed E-state index contributed by atoms with van der Waals surface area (Å²) in [6.07, 6.45) is 0. The molecule has 0 spiro atoms. The molecule has 5 aromatic rings. The van der Waals surface area contributed by atoms with E-state index in [0.717, 1.165) is 22.3 Å². The topological polar surface area (TPSA) is 119 Å². The van der Waals surface area contributed by atoms with E-state index < -0.39 is 17.2 Å². The van der Waals surface area contributed by atoms with Crippen molar-refractivity contribution < 1.29 is 28.5 Å². The number of aryl methyl sites for hydroxylation is 4. The van der Waals surface area contributed by atoms with Crippen molar-refractivity contribution in [3.8, 4) is 23.0 Å². The summed E-state index contributed by atoms with van der Waals surface area (Å²) in [4.78, 5) is 26.9. The summed E-state index contributed by atoms with van der Waals surface area (Å²) in [5.41, 5.74) is 2.25. The summed E-state index contributed by atoms with van der Waals surface area (Å²) in [5.74, 6) is -1.04. The Hall–Kier alpha value is -4.72. The minimum Gasteiger partial charge on any atom is -0.507 e. The van der Waals surface area contributed by atoms with Crippen LogP contribution in [0.3, 0.4) is 0 Å². The van der Waals surface area contributed by atoms with Crippen LogP contribution in [0, 0.1) is 27.7 Å². The van der Waals surface area contributed by atoms with E-state index >= 15 is 0 Å². The highest BCUT2D eigenvalue weighted by Crippen LogP contribution is 2.45. The average molecular weight is 513 g/mol. The van der Waals surface area contributed by atoms with Crippen molar-refractivity contribution in [3.63, 3.8) is 0 Å². The first-order chi connectivity index (χ1) is 18.1. The average Bonchev–Trinajstić information content (AvgIpc) is 3.34. The number of aromatic hydroxyl groups is 2. The van der Waals surface area contributed by atoms with Crippen LogP contribution in [0.15, 0.2) is 60.9 Å². The Balaban J connectivity index is 1.72. The lowest BCUT2D eigenvalue weighted by Gasteiger charge is -2.20. The number of ether oxygens (including phenoxy) is 2. The van der Waals surface area contributed by atoms with Gasteiger partial charge < -0.3 is 28.5 Å². The van der Waals surface area contributed by atoms with Gasteiger partial charge in [0.15, 0.2) is 11.5 Å². The highest BCUT2D eigenvalue weighted by Gasteiger charge is 2.33. The molecule has 38 heavy (non-hydrogen) atoms. The molecule has 192 valence electrons. The maximum Gasteiger partial charge on any atom is 0.344 e. The van der Waals surface area contributed by atoms with Gasteiger partial charge in [-0.05, 0) is 91.9 Å². The van der Waals surface area contributed by atoms with Crippen molar-refractivity contribution in [2.45, 2.75) is 33.6 Å². The van der Waals surface area contributed by atoms with Gasteiger partial charge in [0, 0.05) is 0 Å². The Bertz CT molecular complexity index is 1800. The number of hydrogen-bond acceptors (Lipinski definition) is 8. The van der Waals surface area contributed by atoms with Gasteiger partial charge in [-0.25, -0.2) is 9.59 Å². The van der Waals surface area contributed by atoms with Crippen LogP contribution in [0.25, 0.3) is 21.9 Å². The molecule has 0 saturated heterocycles. The molecule has 2 N–H and O–H groups in total. The molecule has 0 unspecified atom stereocenters. The maximum atomic E-state index is 13.5. The fraction of sp³-hybridized carbons (Fsp3) is 0.200. The molecule has 0 saturated carbocycles. The predicted molar refractivity (Wildman–Crippen MR) is 141 cm³/mol. The van der Waals surface area contributed by atoms with Crippen LogP contribution in [0.5, 0.6) is 23.0 Å². The summed E-state index contributed by atoms with van der Waals surface area (Å²) in [6.45, 7) is 7.52. The Morgan fingerprint density at radius 1 is 0.658 bits per heavy atom. The van der Waals surface area contributed by atoms with Crippen molar-refractivity contribution in [1.29, 1.82) is 0 Å². The molecule has 1 aliphatic rings. The van der Waals surface area contributed by atoms with Crippen molar-refractivity contribution >= 4 is 21.9 Å². The quantitative estimate of drug-likeness (QED) is 0.306. The first-order valence-corrected chi connectivity index (χ1v) is 12.1. The number of benzene rings is 3. The van der Waals surface area contributed by atoms with Gasteiger partial charge in [0.2, 0.25) is 6.79 Å². The number of rotatable bonds is 3. The van der Waals surface area contributed by atoms with Gasteiger partial charge in [0.05, 0.1) is 27.8 Å². The van der Waals surface area contributed by atoms with E-state index in [1.807, 2.05) is 27.7 Å². The molecular formula is C30H24O8. The van der Waals surface area contributed by atoms with E-state index in [0.29, 0.717) is 27.8 Å². The first kappa shape index (κ1) is 23.7. The smallest absolute Gasteiger partial charge is 0.344 e. The zero-order valence-electron chi connectivity index (χ0n) is 21.2. The fourth-order valence-electron chi connectivity index (χ4n) is 4.99. The summed E-state index contributed by atoms with van der Waals surface area (Å²) in [5, 5.41) is 23.6. The van der Waals surface area contributed by atoms with Gasteiger partial charge in [-0.1, -0.05) is 6.07 Å².